The van der Waals surface area contributed by atoms with Gasteiger partial charge in [0.05, 0.1) is 27.4 Å². The number of amides is 1. The molecule has 3 unspecified atom stereocenters. The van der Waals surface area contributed by atoms with Crippen LogP contribution in [0.4, 0.5) is 0 Å². The second-order valence-corrected chi connectivity index (χ2v) is 6.02. The minimum Gasteiger partial charge on any atom is -0.497 e. The summed E-state index contributed by atoms with van der Waals surface area (Å²) in [7, 11) is 3.18. The van der Waals surface area contributed by atoms with Crippen molar-refractivity contribution in [3.8, 4) is 11.5 Å². The van der Waals surface area contributed by atoms with E-state index in [2.05, 4.69) is 0 Å². The highest BCUT2D eigenvalue weighted by Crippen LogP contribution is 2.52. The Morgan fingerprint density at radius 2 is 2.08 bits per heavy atom. The first-order chi connectivity index (χ1) is 11.6. The largest absolute Gasteiger partial charge is 0.497 e. The van der Waals surface area contributed by atoms with Crippen LogP contribution in [0.25, 0.3) is 0 Å². The zero-order valence-corrected chi connectivity index (χ0v) is 13.7. The highest BCUT2D eigenvalue weighted by molar-refractivity contribution is 5.88. The summed E-state index contributed by atoms with van der Waals surface area (Å²) >= 11 is 0. The van der Waals surface area contributed by atoms with Crippen LogP contribution in [0.2, 0.25) is 0 Å². The maximum Gasteiger partial charge on any atom is 0.328 e. The Morgan fingerprint density at radius 1 is 1.29 bits per heavy atom. The minimum absolute atomic E-state index is 0.0276. The number of rotatable bonds is 5. The first-order valence-electron chi connectivity index (χ1n) is 7.89. The van der Waals surface area contributed by atoms with Crippen LogP contribution in [0.5, 0.6) is 11.5 Å². The Kier molecular flexibility index (Phi) is 4.62. The van der Waals surface area contributed by atoms with Crippen molar-refractivity contribution in [2.45, 2.75) is 18.4 Å². The van der Waals surface area contributed by atoms with Gasteiger partial charge in [0.1, 0.15) is 11.5 Å². The zero-order valence-electron chi connectivity index (χ0n) is 13.7. The van der Waals surface area contributed by atoms with Gasteiger partial charge in [-0.3, -0.25) is 4.79 Å². The van der Waals surface area contributed by atoms with Gasteiger partial charge >= 0.3 is 5.97 Å². The Balaban J connectivity index is 1.77. The molecule has 1 aliphatic heterocycles. The van der Waals surface area contributed by atoms with Gasteiger partial charge in [-0.1, -0.05) is 0 Å². The SMILES string of the molecule is COc1ccc(OC)c(C2CC2C(=O)N2CCOCC2C(=O)O)c1. The summed E-state index contributed by atoms with van der Waals surface area (Å²) in [6.45, 7) is 0.727. The van der Waals surface area contributed by atoms with Crippen molar-refractivity contribution in [1.82, 2.24) is 4.90 Å². The van der Waals surface area contributed by atoms with Crippen molar-refractivity contribution < 1.29 is 28.9 Å². The van der Waals surface area contributed by atoms with Crippen molar-refractivity contribution in [3.63, 3.8) is 0 Å². The van der Waals surface area contributed by atoms with E-state index in [-0.39, 0.29) is 24.3 Å². The molecular formula is C17H21NO6. The number of methoxy groups -OCH3 is 2. The van der Waals surface area contributed by atoms with Gasteiger partial charge in [0, 0.05) is 23.9 Å². The van der Waals surface area contributed by atoms with Crippen molar-refractivity contribution in [2.24, 2.45) is 5.92 Å². The number of ether oxygens (including phenoxy) is 3. The first kappa shape index (κ1) is 16.6. The molecule has 1 saturated carbocycles. The first-order valence-corrected chi connectivity index (χ1v) is 7.89. The molecule has 2 fully saturated rings. The van der Waals surface area contributed by atoms with Gasteiger partial charge in [0.2, 0.25) is 5.91 Å². The predicted molar refractivity (Wildman–Crippen MR) is 84.3 cm³/mol. The van der Waals surface area contributed by atoms with Crippen LogP contribution in [-0.2, 0) is 14.3 Å². The fourth-order valence-corrected chi connectivity index (χ4v) is 3.23. The molecule has 130 valence electrons. The van der Waals surface area contributed by atoms with Gasteiger partial charge < -0.3 is 24.2 Å². The highest BCUT2D eigenvalue weighted by Gasteiger charge is 2.49. The van der Waals surface area contributed by atoms with Crippen LogP contribution in [0, 0.1) is 5.92 Å². The number of carboxylic acid groups (broad SMARTS) is 1. The summed E-state index contributed by atoms with van der Waals surface area (Å²) < 4.78 is 15.8. The molecule has 7 heteroatoms. The summed E-state index contributed by atoms with van der Waals surface area (Å²) in [5.74, 6) is 0.0807. The van der Waals surface area contributed by atoms with E-state index in [9.17, 15) is 14.7 Å². The van der Waals surface area contributed by atoms with Gasteiger partial charge in [-0.2, -0.15) is 0 Å². The van der Waals surface area contributed by atoms with Crippen molar-refractivity contribution in [2.75, 3.05) is 34.0 Å². The van der Waals surface area contributed by atoms with Crippen molar-refractivity contribution in [3.05, 3.63) is 23.8 Å². The second-order valence-electron chi connectivity index (χ2n) is 6.02. The average molecular weight is 335 g/mol. The minimum atomic E-state index is -1.03. The third kappa shape index (κ3) is 3.03. The van der Waals surface area contributed by atoms with Gasteiger partial charge in [0.15, 0.2) is 6.04 Å². The Labute approximate surface area is 140 Å². The molecule has 1 amide bonds. The van der Waals surface area contributed by atoms with Gasteiger partial charge in [-0.05, 0) is 24.6 Å². The molecule has 1 aliphatic carbocycles. The molecule has 7 nitrogen and oxygen atoms in total. The number of nitrogens with zero attached hydrogens (tertiary/aromatic N) is 1. The van der Waals surface area contributed by atoms with Crippen LogP contribution < -0.4 is 9.47 Å². The van der Waals surface area contributed by atoms with E-state index in [0.717, 1.165) is 5.56 Å². The molecule has 1 aromatic carbocycles. The number of hydrogen-bond acceptors (Lipinski definition) is 5. The van der Waals surface area contributed by atoms with Crippen molar-refractivity contribution >= 4 is 11.9 Å². The number of carbonyl (C=O) groups is 2. The van der Waals surface area contributed by atoms with E-state index in [4.69, 9.17) is 14.2 Å². The van der Waals surface area contributed by atoms with E-state index in [1.807, 2.05) is 18.2 Å². The Hall–Kier alpha value is -2.28. The maximum absolute atomic E-state index is 12.7. The lowest BCUT2D eigenvalue weighted by molar-refractivity contribution is -0.158. The fourth-order valence-electron chi connectivity index (χ4n) is 3.23. The van der Waals surface area contributed by atoms with Gasteiger partial charge in [-0.25, -0.2) is 4.79 Å². The topological polar surface area (TPSA) is 85.3 Å². The molecule has 3 atom stereocenters. The number of aliphatic carboxylic acids is 1. The Bertz CT molecular complexity index is 646. The molecule has 1 N–H and O–H groups in total. The highest BCUT2D eigenvalue weighted by atomic mass is 16.5. The molecule has 2 aliphatic rings. The predicted octanol–water partition coefficient (Wildman–Crippen LogP) is 1.12. The summed E-state index contributed by atoms with van der Waals surface area (Å²) in [5, 5.41) is 9.28. The third-order valence-corrected chi connectivity index (χ3v) is 4.64. The van der Waals surface area contributed by atoms with Gasteiger partial charge in [0.25, 0.3) is 0 Å². The Morgan fingerprint density at radius 3 is 2.75 bits per heavy atom. The number of morpholine rings is 1. The molecule has 24 heavy (non-hydrogen) atoms. The van der Waals surface area contributed by atoms with E-state index in [0.29, 0.717) is 31.1 Å². The second kappa shape index (κ2) is 6.68. The van der Waals surface area contributed by atoms with E-state index >= 15 is 0 Å². The average Bonchev–Trinajstić information content (AvgIpc) is 3.41. The molecule has 1 aromatic rings. The third-order valence-electron chi connectivity index (χ3n) is 4.64. The van der Waals surface area contributed by atoms with Crippen LogP contribution in [0.15, 0.2) is 18.2 Å². The van der Waals surface area contributed by atoms with Crippen LogP contribution in [0.3, 0.4) is 0 Å². The smallest absolute Gasteiger partial charge is 0.328 e. The summed E-state index contributed by atoms with van der Waals surface area (Å²) in [6, 6.07) is 4.61. The molecule has 0 aromatic heterocycles. The summed E-state index contributed by atoms with van der Waals surface area (Å²) in [6.07, 6.45) is 0.687. The van der Waals surface area contributed by atoms with Crippen LogP contribution in [-0.4, -0.2) is 61.9 Å². The lowest BCUT2D eigenvalue weighted by Gasteiger charge is -2.33. The van der Waals surface area contributed by atoms with Gasteiger partial charge in [-0.15, -0.1) is 0 Å². The molecular weight excluding hydrogens is 314 g/mol. The molecule has 1 heterocycles. The molecule has 3 rings (SSSR count). The number of carboxylic acids is 1. The molecule has 0 spiro atoms. The molecule has 1 saturated heterocycles. The molecule has 0 bridgehead atoms. The summed E-state index contributed by atoms with van der Waals surface area (Å²) in [4.78, 5) is 25.5. The summed E-state index contributed by atoms with van der Waals surface area (Å²) in [5.41, 5.74) is 0.926. The lowest BCUT2D eigenvalue weighted by atomic mass is 10.1. The zero-order chi connectivity index (χ0) is 17.3. The van der Waals surface area contributed by atoms with Crippen molar-refractivity contribution in [1.29, 1.82) is 0 Å². The van der Waals surface area contributed by atoms with E-state index in [1.165, 1.54) is 4.90 Å². The normalized spacial score (nSPS) is 25.9. The van der Waals surface area contributed by atoms with E-state index in [1.54, 1.807) is 14.2 Å². The quantitative estimate of drug-likeness (QED) is 0.868. The number of hydrogen-bond donors (Lipinski definition) is 1. The number of carbonyl (C=O) groups excluding carboxylic acids is 1. The fraction of sp³-hybridized carbons (Fsp3) is 0.529. The molecule has 0 radical (unpaired) electrons. The monoisotopic (exact) mass is 335 g/mol. The standard InChI is InChI=1S/C17H21NO6/c1-22-10-3-4-15(23-2)12(7-10)11-8-13(11)16(19)18-5-6-24-9-14(18)17(20)21/h3-4,7,11,13-14H,5-6,8-9H2,1-2H3,(H,20,21). The van der Waals surface area contributed by atoms with Crippen LogP contribution in [0.1, 0.15) is 17.9 Å². The van der Waals surface area contributed by atoms with Crippen LogP contribution >= 0.6 is 0 Å². The van der Waals surface area contributed by atoms with E-state index < -0.39 is 12.0 Å². The maximum atomic E-state index is 12.7. The lowest BCUT2D eigenvalue weighted by Crippen LogP contribution is -2.53. The number of benzene rings is 1.